The van der Waals surface area contributed by atoms with E-state index in [0.29, 0.717) is 31.3 Å². The van der Waals surface area contributed by atoms with Gasteiger partial charge in [-0.3, -0.25) is 9.69 Å². The third kappa shape index (κ3) is 4.39. The summed E-state index contributed by atoms with van der Waals surface area (Å²) >= 11 is 0. The highest BCUT2D eigenvalue weighted by molar-refractivity contribution is 5.69. The van der Waals surface area contributed by atoms with Gasteiger partial charge in [-0.2, -0.15) is 0 Å². The van der Waals surface area contributed by atoms with E-state index >= 15 is 0 Å². The van der Waals surface area contributed by atoms with Crippen molar-refractivity contribution in [3.63, 3.8) is 0 Å². The summed E-state index contributed by atoms with van der Waals surface area (Å²) in [5.41, 5.74) is 0.897. The van der Waals surface area contributed by atoms with Gasteiger partial charge in [0.05, 0.1) is 20.1 Å². The SMILES string of the molecule is CCN(CCC(=O)OC)Cc1nnc(-c2ccccc2)o1. The van der Waals surface area contributed by atoms with Crippen molar-refractivity contribution in [2.45, 2.75) is 19.9 Å². The molecule has 6 heteroatoms. The van der Waals surface area contributed by atoms with Gasteiger partial charge in [0.1, 0.15) is 0 Å². The summed E-state index contributed by atoms with van der Waals surface area (Å²) in [6, 6.07) is 9.63. The lowest BCUT2D eigenvalue weighted by Gasteiger charge is -2.17. The minimum atomic E-state index is -0.219. The molecule has 0 spiro atoms. The third-order valence-corrected chi connectivity index (χ3v) is 3.15. The fourth-order valence-corrected chi connectivity index (χ4v) is 1.91. The van der Waals surface area contributed by atoms with Crippen molar-refractivity contribution in [3.05, 3.63) is 36.2 Å². The number of benzene rings is 1. The Morgan fingerprint density at radius 2 is 2.05 bits per heavy atom. The molecule has 0 radical (unpaired) electrons. The topological polar surface area (TPSA) is 68.5 Å². The zero-order valence-electron chi connectivity index (χ0n) is 12.3. The van der Waals surface area contributed by atoms with Gasteiger partial charge in [-0.05, 0) is 18.7 Å². The molecule has 21 heavy (non-hydrogen) atoms. The second-order valence-corrected chi connectivity index (χ2v) is 4.56. The Balaban J connectivity index is 1.96. The van der Waals surface area contributed by atoms with Crippen LogP contribution in [0, 0.1) is 0 Å². The minimum absolute atomic E-state index is 0.219. The summed E-state index contributed by atoms with van der Waals surface area (Å²) in [6.45, 7) is 3.94. The van der Waals surface area contributed by atoms with E-state index in [1.807, 2.05) is 37.3 Å². The number of aromatic nitrogens is 2. The predicted octanol–water partition coefficient (Wildman–Crippen LogP) is 2.12. The van der Waals surface area contributed by atoms with Crippen molar-refractivity contribution in [2.24, 2.45) is 0 Å². The van der Waals surface area contributed by atoms with Crippen molar-refractivity contribution in [1.82, 2.24) is 15.1 Å². The highest BCUT2D eigenvalue weighted by atomic mass is 16.5. The average molecular weight is 289 g/mol. The van der Waals surface area contributed by atoms with E-state index in [1.165, 1.54) is 7.11 Å². The molecule has 2 rings (SSSR count). The first-order valence-corrected chi connectivity index (χ1v) is 6.90. The number of methoxy groups -OCH3 is 1. The first-order valence-electron chi connectivity index (χ1n) is 6.90. The molecule has 0 saturated carbocycles. The molecule has 0 fully saturated rings. The van der Waals surface area contributed by atoms with Crippen molar-refractivity contribution >= 4 is 5.97 Å². The van der Waals surface area contributed by atoms with Crippen LogP contribution in [0.3, 0.4) is 0 Å². The number of hydrogen-bond acceptors (Lipinski definition) is 6. The molecule has 0 unspecified atom stereocenters. The zero-order chi connectivity index (χ0) is 15.1. The molecule has 112 valence electrons. The lowest BCUT2D eigenvalue weighted by Crippen LogP contribution is -2.26. The molecule has 0 saturated heterocycles. The number of carbonyl (C=O) groups excluding carboxylic acids is 1. The summed E-state index contributed by atoms with van der Waals surface area (Å²) in [7, 11) is 1.39. The van der Waals surface area contributed by atoms with Gasteiger partial charge in [0.2, 0.25) is 11.8 Å². The fourth-order valence-electron chi connectivity index (χ4n) is 1.91. The third-order valence-electron chi connectivity index (χ3n) is 3.15. The summed E-state index contributed by atoms with van der Waals surface area (Å²) < 4.78 is 10.3. The number of ether oxygens (including phenoxy) is 1. The van der Waals surface area contributed by atoms with Gasteiger partial charge in [-0.15, -0.1) is 10.2 Å². The average Bonchev–Trinajstić information content (AvgIpc) is 3.00. The van der Waals surface area contributed by atoms with Crippen molar-refractivity contribution in [3.8, 4) is 11.5 Å². The second kappa shape index (κ2) is 7.54. The summed E-state index contributed by atoms with van der Waals surface area (Å²) in [5, 5.41) is 8.10. The van der Waals surface area contributed by atoms with Crippen LogP contribution in [0.5, 0.6) is 0 Å². The number of hydrogen-bond donors (Lipinski definition) is 0. The van der Waals surface area contributed by atoms with E-state index in [1.54, 1.807) is 0 Å². The first kappa shape index (κ1) is 15.2. The summed E-state index contributed by atoms with van der Waals surface area (Å²) in [4.78, 5) is 13.2. The number of rotatable bonds is 7. The van der Waals surface area contributed by atoms with E-state index in [4.69, 9.17) is 4.42 Å². The highest BCUT2D eigenvalue weighted by Crippen LogP contribution is 2.17. The van der Waals surface area contributed by atoms with Crippen LogP contribution in [0.4, 0.5) is 0 Å². The second-order valence-electron chi connectivity index (χ2n) is 4.56. The van der Waals surface area contributed by atoms with Crippen LogP contribution in [0.1, 0.15) is 19.2 Å². The summed E-state index contributed by atoms with van der Waals surface area (Å²) in [5.74, 6) is 0.833. The van der Waals surface area contributed by atoms with Gasteiger partial charge in [-0.1, -0.05) is 25.1 Å². The molecule has 0 aliphatic heterocycles. The standard InChI is InChI=1S/C15H19N3O3/c1-3-18(10-9-14(19)20-2)11-13-16-17-15(21-13)12-7-5-4-6-8-12/h4-8H,3,9-11H2,1-2H3. The van der Waals surface area contributed by atoms with Gasteiger partial charge in [0, 0.05) is 12.1 Å². The Morgan fingerprint density at radius 1 is 1.29 bits per heavy atom. The molecule has 0 bridgehead atoms. The van der Waals surface area contributed by atoms with Gasteiger partial charge in [-0.25, -0.2) is 0 Å². The van der Waals surface area contributed by atoms with E-state index in [9.17, 15) is 4.79 Å². The molecule has 0 N–H and O–H groups in total. The molecule has 1 aromatic carbocycles. The minimum Gasteiger partial charge on any atom is -0.469 e. The maximum atomic E-state index is 11.2. The van der Waals surface area contributed by atoms with E-state index in [-0.39, 0.29) is 5.97 Å². The molecule has 1 heterocycles. The smallest absolute Gasteiger partial charge is 0.306 e. The van der Waals surface area contributed by atoms with E-state index in [0.717, 1.165) is 12.1 Å². The zero-order valence-corrected chi connectivity index (χ0v) is 12.3. The number of nitrogens with zero attached hydrogens (tertiary/aromatic N) is 3. The van der Waals surface area contributed by atoms with Crippen molar-refractivity contribution in [1.29, 1.82) is 0 Å². The predicted molar refractivity (Wildman–Crippen MR) is 77.3 cm³/mol. The molecule has 0 amide bonds. The maximum absolute atomic E-state index is 11.2. The molecular weight excluding hydrogens is 270 g/mol. The Kier molecular flexibility index (Phi) is 5.45. The molecule has 6 nitrogen and oxygen atoms in total. The molecule has 2 aromatic rings. The van der Waals surface area contributed by atoms with Crippen molar-refractivity contribution < 1.29 is 13.9 Å². The van der Waals surface area contributed by atoms with Gasteiger partial charge in [0.15, 0.2) is 0 Å². The molecule has 0 aliphatic rings. The summed E-state index contributed by atoms with van der Waals surface area (Å²) in [6.07, 6.45) is 0.351. The van der Waals surface area contributed by atoms with Crippen LogP contribution in [0.25, 0.3) is 11.5 Å². The number of carbonyl (C=O) groups is 1. The number of esters is 1. The van der Waals surface area contributed by atoms with Gasteiger partial charge in [0.25, 0.3) is 0 Å². The van der Waals surface area contributed by atoms with Crippen LogP contribution in [-0.2, 0) is 16.1 Å². The van der Waals surface area contributed by atoms with Crippen LogP contribution >= 0.6 is 0 Å². The van der Waals surface area contributed by atoms with Crippen LogP contribution in [-0.4, -0.2) is 41.3 Å². The quantitative estimate of drug-likeness (QED) is 0.727. The van der Waals surface area contributed by atoms with Gasteiger partial charge >= 0.3 is 5.97 Å². The lowest BCUT2D eigenvalue weighted by atomic mass is 10.2. The fraction of sp³-hybridized carbons (Fsp3) is 0.400. The van der Waals surface area contributed by atoms with Crippen LogP contribution < -0.4 is 0 Å². The monoisotopic (exact) mass is 289 g/mol. The molecular formula is C15H19N3O3. The van der Waals surface area contributed by atoms with Crippen molar-refractivity contribution in [2.75, 3.05) is 20.2 Å². The lowest BCUT2D eigenvalue weighted by molar-refractivity contribution is -0.141. The normalized spacial score (nSPS) is 10.8. The van der Waals surface area contributed by atoms with E-state index in [2.05, 4.69) is 19.8 Å². The van der Waals surface area contributed by atoms with Crippen LogP contribution in [0.15, 0.2) is 34.7 Å². The maximum Gasteiger partial charge on any atom is 0.306 e. The van der Waals surface area contributed by atoms with Gasteiger partial charge < -0.3 is 9.15 Å². The van der Waals surface area contributed by atoms with Crippen LogP contribution in [0.2, 0.25) is 0 Å². The first-order chi connectivity index (χ1) is 10.2. The molecule has 1 aromatic heterocycles. The Hall–Kier alpha value is -2.21. The Labute approximate surface area is 123 Å². The molecule has 0 atom stereocenters. The Bertz CT molecular complexity index is 569. The largest absolute Gasteiger partial charge is 0.469 e. The van der Waals surface area contributed by atoms with E-state index < -0.39 is 0 Å². The highest BCUT2D eigenvalue weighted by Gasteiger charge is 2.13. The molecule has 0 aliphatic carbocycles. The Morgan fingerprint density at radius 3 is 2.71 bits per heavy atom.